The Kier molecular flexibility index (Phi) is 3.73. The third kappa shape index (κ3) is 2.90. The number of aliphatic hydroxyl groups excluding tert-OH is 1. The summed E-state index contributed by atoms with van der Waals surface area (Å²) in [7, 11) is 0. The number of carbonyl (C=O) groups is 1. The summed E-state index contributed by atoms with van der Waals surface area (Å²) in [6.07, 6.45) is 0.0720. The molecule has 0 heterocycles. The van der Waals surface area contributed by atoms with Crippen LogP contribution in [-0.4, -0.2) is 17.6 Å². The number of nitrogens with two attached hydrogens (primary N) is 1. The third-order valence-corrected chi connectivity index (χ3v) is 1.96. The van der Waals surface area contributed by atoms with Crippen LogP contribution < -0.4 is 11.1 Å². The molecule has 0 saturated heterocycles. The van der Waals surface area contributed by atoms with E-state index in [0.29, 0.717) is 16.4 Å². The molecule has 1 aromatic carbocycles. The van der Waals surface area contributed by atoms with Crippen molar-refractivity contribution >= 4 is 28.9 Å². The number of benzene rings is 1. The first-order valence-corrected chi connectivity index (χ1v) is 4.47. The van der Waals surface area contributed by atoms with E-state index in [-0.39, 0.29) is 18.9 Å². The zero-order valence-electron chi connectivity index (χ0n) is 7.46. The van der Waals surface area contributed by atoms with Crippen molar-refractivity contribution < 1.29 is 9.90 Å². The molecule has 0 aliphatic rings. The quantitative estimate of drug-likeness (QED) is 0.663. The molecule has 1 amide bonds. The summed E-state index contributed by atoms with van der Waals surface area (Å²) in [4.78, 5) is 11.1. The Morgan fingerprint density at radius 1 is 1.57 bits per heavy atom. The molecule has 0 saturated carbocycles. The van der Waals surface area contributed by atoms with Gasteiger partial charge in [-0.2, -0.15) is 0 Å². The van der Waals surface area contributed by atoms with Crippen LogP contribution in [0.3, 0.4) is 0 Å². The SMILES string of the molecule is Nc1cc(NC(=O)CCO)ccc1Cl. The Morgan fingerprint density at radius 3 is 2.86 bits per heavy atom. The summed E-state index contributed by atoms with van der Waals surface area (Å²) < 4.78 is 0. The molecule has 4 N–H and O–H groups in total. The van der Waals surface area contributed by atoms with Crippen molar-refractivity contribution in [3.05, 3.63) is 23.2 Å². The fourth-order valence-corrected chi connectivity index (χ4v) is 1.06. The lowest BCUT2D eigenvalue weighted by Crippen LogP contribution is -2.12. The van der Waals surface area contributed by atoms with Crippen molar-refractivity contribution in [1.82, 2.24) is 0 Å². The molecule has 14 heavy (non-hydrogen) atoms. The predicted octanol–water partition coefficient (Wildman–Crippen LogP) is 1.24. The van der Waals surface area contributed by atoms with Crippen molar-refractivity contribution in [3.8, 4) is 0 Å². The van der Waals surface area contributed by atoms with Crippen LogP contribution in [0, 0.1) is 0 Å². The normalized spacial score (nSPS) is 9.86. The third-order valence-electron chi connectivity index (χ3n) is 1.62. The summed E-state index contributed by atoms with van der Waals surface area (Å²) >= 11 is 5.70. The van der Waals surface area contributed by atoms with Crippen LogP contribution in [0.25, 0.3) is 0 Å². The molecule has 76 valence electrons. The summed E-state index contributed by atoms with van der Waals surface area (Å²) in [5, 5.41) is 11.5. The largest absolute Gasteiger partial charge is 0.397 e. The minimum Gasteiger partial charge on any atom is -0.397 e. The molecular formula is C9H11ClN2O2. The average molecular weight is 215 g/mol. The summed E-state index contributed by atoms with van der Waals surface area (Å²) in [6, 6.07) is 4.82. The van der Waals surface area contributed by atoms with Gasteiger partial charge in [-0.25, -0.2) is 0 Å². The van der Waals surface area contributed by atoms with Crippen molar-refractivity contribution in [2.24, 2.45) is 0 Å². The first-order valence-electron chi connectivity index (χ1n) is 4.09. The standard InChI is InChI=1S/C9H11ClN2O2/c10-7-2-1-6(5-8(7)11)12-9(14)3-4-13/h1-2,5,13H,3-4,11H2,(H,12,14). The van der Waals surface area contributed by atoms with Crippen molar-refractivity contribution in [2.45, 2.75) is 6.42 Å². The maximum absolute atomic E-state index is 11.1. The van der Waals surface area contributed by atoms with Crippen LogP contribution in [-0.2, 0) is 4.79 Å². The highest BCUT2D eigenvalue weighted by atomic mass is 35.5. The molecule has 5 heteroatoms. The molecule has 0 fully saturated rings. The first-order chi connectivity index (χ1) is 6.63. The smallest absolute Gasteiger partial charge is 0.226 e. The van der Waals surface area contributed by atoms with Crippen LogP contribution in [0.5, 0.6) is 0 Å². The topological polar surface area (TPSA) is 75.3 Å². The lowest BCUT2D eigenvalue weighted by atomic mass is 10.2. The molecule has 1 aromatic rings. The van der Waals surface area contributed by atoms with Gasteiger partial charge in [-0.3, -0.25) is 4.79 Å². The van der Waals surface area contributed by atoms with Crippen molar-refractivity contribution in [2.75, 3.05) is 17.7 Å². The number of aliphatic hydroxyl groups is 1. The van der Waals surface area contributed by atoms with Crippen molar-refractivity contribution in [3.63, 3.8) is 0 Å². The average Bonchev–Trinajstić information content (AvgIpc) is 2.12. The first kappa shape index (κ1) is 10.8. The zero-order chi connectivity index (χ0) is 10.6. The Labute approximate surface area is 86.7 Å². The molecular weight excluding hydrogens is 204 g/mol. The molecule has 1 rings (SSSR count). The monoisotopic (exact) mass is 214 g/mol. The van der Waals surface area contributed by atoms with E-state index in [1.807, 2.05) is 0 Å². The fraction of sp³-hybridized carbons (Fsp3) is 0.222. The Hall–Kier alpha value is -1.26. The van der Waals surface area contributed by atoms with Crippen LogP contribution in [0.15, 0.2) is 18.2 Å². The van der Waals surface area contributed by atoms with Crippen LogP contribution >= 0.6 is 11.6 Å². The highest BCUT2D eigenvalue weighted by Crippen LogP contribution is 2.22. The highest BCUT2D eigenvalue weighted by molar-refractivity contribution is 6.33. The second kappa shape index (κ2) is 4.83. The number of rotatable bonds is 3. The van der Waals surface area contributed by atoms with Crippen molar-refractivity contribution in [1.29, 1.82) is 0 Å². The second-order valence-corrected chi connectivity index (χ2v) is 3.17. The number of amides is 1. The van der Waals surface area contributed by atoms with Gasteiger partial charge in [0.25, 0.3) is 0 Å². The lowest BCUT2D eigenvalue weighted by molar-refractivity contribution is -0.116. The summed E-state index contributed by atoms with van der Waals surface area (Å²) in [5.41, 5.74) is 6.52. The number of anilines is 2. The van der Waals surface area contributed by atoms with Gasteiger partial charge in [0.15, 0.2) is 0 Å². The van der Waals surface area contributed by atoms with Crippen LogP contribution in [0.1, 0.15) is 6.42 Å². The molecule has 0 aliphatic carbocycles. The number of nitrogen functional groups attached to an aromatic ring is 1. The van der Waals surface area contributed by atoms with Gasteiger partial charge in [0, 0.05) is 5.69 Å². The van der Waals surface area contributed by atoms with Gasteiger partial charge < -0.3 is 16.2 Å². The van der Waals surface area contributed by atoms with E-state index < -0.39 is 0 Å². The molecule has 0 spiro atoms. The molecule has 0 unspecified atom stereocenters. The van der Waals surface area contributed by atoms with E-state index in [4.69, 9.17) is 22.4 Å². The summed E-state index contributed by atoms with van der Waals surface area (Å²) in [5.74, 6) is -0.255. The second-order valence-electron chi connectivity index (χ2n) is 2.76. The Morgan fingerprint density at radius 2 is 2.29 bits per heavy atom. The number of nitrogens with one attached hydrogen (secondary N) is 1. The molecule has 0 aliphatic heterocycles. The molecule has 0 atom stereocenters. The van der Waals surface area contributed by atoms with Gasteiger partial charge in [-0.1, -0.05) is 11.6 Å². The van der Waals surface area contributed by atoms with Gasteiger partial charge in [0.1, 0.15) is 0 Å². The van der Waals surface area contributed by atoms with Gasteiger partial charge in [-0.05, 0) is 18.2 Å². The van der Waals surface area contributed by atoms with Gasteiger partial charge in [0.2, 0.25) is 5.91 Å². The minimum atomic E-state index is -0.255. The van der Waals surface area contributed by atoms with E-state index in [2.05, 4.69) is 5.32 Å². The number of hydrogen-bond donors (Lipinski definition) is 3. The zero-order valence-corrected chi connectivity index (χ0v) is 8.21. The van der Waals surface area contributed by atoms with Gasteiger partial charge in [-0.15, -0.1) is 0 Å². The van der Waals surface area contributed by atoms with E-state index in [9.17, 15) is 4.79 Å². The van der Waals surface area contributed by atoms with E-state index in [0.717, 1.165) is 0 Å². The summed E-state index contributed by atoms with van der Waals surface area (Å²) in [6.45, 7) is -0.172. The molecule has 0 radical (unpaired) electrons. The maximum Gasteiger partial charge on any atom is 0.226 e. The predicted molar refractivity (Wildman–Crippen MR) is 56.2 cm³/mol. The number of hydrogen-bond acceptors (Lipinski definition) is 3. The van der Waals surface area contributed by atoms with E-state index >= 15 is 0 Å². The fourth-order valence-electron chi connectivity index (χ4n) is 0.947. The van der Waals surface area contributed by atoms with Crippen LogP contribution in [0.2, 0.25) is 5.02 Å². The molecule has 4 nitrogen and oxygen atoms in total. The Balaban J connectivity index is 2.68. The molecule has 0 bridgehead atoms. The Bertz CT molecular complexity index is 342. The maximum atomic E-state index is 11.1. The molecule has 0 aromatic heterocycles. The number of halogens is 1. The van der Waals surface area contributed by atoms with Crippen LogP contribution in [0.4, 0.5) is 11.4 Å². The van der Waals surface area contributed by atoms with E-state index in [1.165, 1.54) is 0 Å². The van der Waals surface area contributed by atoms with Gasteiger partial charge >= 0.3 is 0 Å². The minimum absolute atomic E-state index is 0.0720. The van der Waals surface area contributed by atoms with Gasteiger partial charge in [0.05, 0.1) is 23.7 Å². The highest BCUT2D eigenvalue weighted by Gasteiger charge is 2.02. The number of carbonyl (C=O) groups excluding carboxylic acids is 1. The van der Waals surface area contributed by atoms with E-state index in [1.54, 1.807) is 18.2 Å². The lowest BCUT2D eigenvalue weighted by Gasteiger charge is -2.05.